The number of aliphatic imine (C=N–C) groups is 1. The lowest BCUT2D eigenvalue weighted by molar-refractivity contribution is 0.0731. The van der Waals surface area contributed by atoms with Gasteiger partial charge in [0.25, 0.3) is 0 Å². The Kier molecular flexibility index (Phi) is 7.86. The van der Waals surface area contributed by atoms with Crippen molar-refractivity contribution in [2.75, 3.05) is 52.2 Å². The lowest BCUT2D eigenvalue weighted by atomic mass is 10.1. The van der Waals surface area contributed by atoms with Crippen LogP contribution in [0.2, 0.25) is 0 Å². The molecule has 2 rings (SSSR count). The number of nitrogens with one attached hydrogen (secondary N) is 1. The lowest BCUT2D eigenvalue weighted by Gasteiger charge is -2.26. The minimum atomic E-state index is -3.29. The maximum Gasteiger partial charge on any atom is 0.216 e. The summed E-state index contributed by atoms with van der Waals surface area (Å²) in [5, 5.41) is 3.24. The van der Waals surface area contributed by atoms with Crippen LogP contribution in [0.1, 0.15) is 18.1 Å². The van der Waals surface area contributed by atoms with E-state index in [1.807, 2.05) is 31.0 Å². The Morgan fingerprint density at radius 2 is 2.00 bits per heavy atom. The minimum absolute atomic E-state index is 0.0140. The molecule has 1 fully saturated rings. The number of benzene rings is 1. The van der Waals surface area contributed by atoms with E-state index < -0.39 is 10.0 Å². The molecule has 26 heavy (non-hydrogen) atoms. The van der Waals surface area contributed by atoms with Gasteiger partial charge in [0.1, 0.15) is 0 Å². The average Bonchev–Trinajstić information content (AvgIpc) is 2.63. The van der Waals surface area contributed by atoms with E-state index in [0.29, 0.717) is 38.8 Å². The number of hydrogen-bond donors (Lipinski definition) is 1. The highest BCUT2D eigenvalue weighted by molar-refractivity contribution is 7.89. The Labute approximate surface area is 157 Å². The second kappa shape index (κ2) is 9.89. The maximum atomic E-state index is 12.4. The van der Waals surface area contributed by atoms with Gasteiger partial charge < -0.3 is 15.0 Å². The third-order valence-electron chi connectivity index (χ3n) is 4.34. The molecule has 1 heterocycles. The predicted molar refractivity (Wildman–Crippen MR) is 105 cm³/mol. The van der Waals surface area contributed by atoms with Crippen molar-refractivity contribution in [1.82, 2.24) is 14.5 Å². The molecule has 1 aliphatic heterocycles. The molecular formula is C18H30N4O3S. The van der Waals surface area contributed by atoms with Gasteiger partial charge in [0, 0.05) is 33.2 Å². The fourth-order valence-corrected chi connectivity index (χ4v) is 4.09. The Morgan fingerprint density at radius 1 is 1.31 bits per heavy atom. The van der Waals surface area contributed by atoms with E-state index in [1.54, 1.807) is 0 Å². The van der Waals surface area contributed by atoms with Gasteiger partial charge in [0.05, 0.1) is 25.5 Å². The predicted octanol–water partition coefficient (Wildman–Crippen LogP) is 1.05. The molecule has 0 aliphatic carbocycles. The van der Waals surface area contributed by atoms with E-state index in [-0.39, 0.29) is 12.3 Å². The van der Waals surface area contributed by atoms with Crippen LogP contribution >= 0.6 is 0 Å². The highest BCUT2D eigenvalue weighted by atomic mass is 32.2. The summed E-state index contributed by atoms with van der Waals surface area (Å²) < 4.78 is 31.5. The number of morpholine rings is 1. The zero-order chi connectivity index (χ0) is 19.0. The zero-order valence-corrected chi connectivity index (χ0v) is 16.8. The van der Waals surface area contributed by atoms with E-state index >= 15 is 0 Å². The highest BCUT2D eigenvalue weighted by Gasteiger charge is 2.23. The third-order valence-corrected chi connectivity index (χ3v) is 6.19. The van der Waals surface area contributed by atoms with Gasteiger partial charge >= 0.3 is 0 Å². The Balaban J connectivity index is 1.98. The molecule has 0 radical (unpaired) electrons. The van der Waals surface area contributed by atoms with Crippen molar-refractivity contribution >= 4 is 16.0 Å². The second-order valence-electron chi connectivity index (χ2n) is 6.35. The largest absolute Gasteiger partial charge is 0.379 e. The molecule has 0 spiro atoms. The first kappa shape index (κ1) is 20.7. The molecule has 1 aliphatic rings. The van der Waals surface area contributed by atoms with Crippen molar-refractivity contribution in [2.45, 2.75) is 20.4 Å². The summed E-state index contributed by atoms with van der Waals surface area (Å²) in [6.07, 6.45) is 0. The second-order valence-corrected chi connectivity index (χ2v) is 8.43. The molecule has 0 atom stereocenters. The van der Waals surface area contributed by atoms with Crippen LogP contribution in [-0.2, 0) is 21.3 Å². The van der Waals surface area contributed by atoms with Crippen LogP contribution in [-0.4, -0.2) is 75.8 Å². The summed E-state index contributed by atoms with van der Waals surface area (Å²) in [5.41, 5.74) is 2.45. The molecule has 1 N–H and O–H groups in total. The molecule has 0 aromatic heterocycles. The number of hydrogen-bond acceptors (Lipinski definition) is 4. The van der Waals surface area contributed by atoms with Crippen LogP contribution in [0.5, 0.6) is 0 Å². The van der Waals surface area contributed by atoms with Gasteiger partial charge in [-0.25, -0.2) is 8.42 Å². The summed E-state index contributed by atoms with van der Waals surface area (Å²) in [7, 11) is -1.32. The molecule has 8 heteroatoms. The summed E-state index contributed by atoms with van der Waals surface area (Å²) in [5.74, 6) is 0.730. The first-order valence-electron chi connectivity index (χ1n) is 9.03. The number of aryl methyl sites for hydroxylation is 1. The molecule has 7 nitrogen and oxygen atoms in total. The van der Waals surface area contributed by atoms with Crippen LogP contribution in [0.15, 0.2) is 29.3 Å². The number of sulfonamides is 1. The standard InChI is InChI=1S/C18H30N4O3S/c1-4-19-18(21(3)15-17-8-6-5-7-16(17)2)20-9-14-26(23,24)22-10-12-25-13-11-22/h5-8H,4,9-15H2,1-3H3,(H,19,20). The van der Waals surface area contributed by atoms with Gasteiger partial charge in [0.2, 0.25) is 10.0 Å². The number of nitrogens with zero attached hydrogens (tertiary/aromatic N) is 3. The van der Waals surface area contributed by atoms with Gasteiger partial charge in [-0.15, -0.1) is 0 Å². The van der Waals surface area contributed by atoms with Crippen LogP contribution in [0.25, 0.3) is 0 Å². The van der Waals surface area contributed by atoms with Crippen molar-refractivity contribution in [3.63, 3.8) is 0 Å². The van der Waals surface area contributed by atoms with Crippen LogP contribution in [0.3, 0.4) is 0 Å². The lowest BCUT2D eigenvalue weighted by Crippen LogP contribution is -2.42. The molecule has 0 amide bonds. The summed E-state index contributed by atoms with van der Waals surface area (Å²) in [6.45, 7) is 7.55. The van der Waals surface area contributed by atoms with Crippen LogP contribution in [0.4, 0.5) is 0 Å². The van der Waals surface area contributed by atoms with Crippen molar-refractivity contribution in [3.8, 4) is 0 Å². The number of guanidine groups is 1. The van der Waals surface area contributed by atoms with Crippen molar-refractivity contribution in [2.24, 2.45) is 4.99 Å². The first-order chi connectivity index (χ1) is 12.4. The van der Waals surface area contributed by atoms with Gasteiger partial charge in [-0.1, -0.05) is 24.3 Å². The van der Waals surface area contributed by atoms with Gasteiger partial charge in [-0.3, -0.25) is 4.99 Å². The molecule has 0 unspecified atom stereocenters. The molecule has 0 saturated carbocycles. The molecule has 146 valence electrons. The van der Waals surface area contributed by atoms with E-state index in [4.69, 9.17) is 4.74 Å². The zero-order valence-electron chi connectivity index (χ0n) is 15.9. The van der Waals surface area contributed by atoms with E-state index in [1.165, 1.54) is 15.4 Å². The van der Waals surface area contributed by atoms with Gasteiger partial charge in [-0.05, 0) is 25.0 Å². The number of rotatable bonds is 7. The average molecular weight is 383 g/mol. The normalized spacial score (nSPS) is 16.5. The molecule has 1 aromatic carbocycles. The maximum absolute atomic E-state index is 12.4. The van der Waals surface area contributed by atoms with E-state index in [9.17, 15) is 8.42 Å². The first-order valence-corrected chi connectivity index (χ1v) is 10.6. The molecular weight excluding hydrogens is 352 g/mol. The highest BCUT2D eigenvalue weighted by Crippen LogP contribution is 2.10. The SMILES string of the molecule is CCNC(=NCCS(=O)(=O)N1CCOCC1)N(C)Cc1ccccc1C. The van der Waals surface area contributed by atoms with Crippen molar-refractivity contribution in [3.05, 3.63) is 35.4 Å². The fourth-order valence-electron chi connectivity index (χ4n) is 2.81. The summed E-state index contributed by atoms with van der Waals surface area (Å²) in [4.78, 5) is 6.53. The van der Waals surface area contributed by atoms with E-state index in [2.05, 4.69) is 29.4 Å². The van der Waals surface area contributed by atoms with E-state index in [0.717, 1.165) is 6.54 Å². The Bertz CT molecular complexity index is 700. The smallest absolute Gasteiger partial charge is 0.216 e. The fraction of sp³-hybridized carbons (Fsp3) is 0.611. The third kappa shape index (κ3) is 5.96. The van der Waals surface area contributed by atoms with Crippen molar-refractivity contribution in [1.29, 1.82) is 0 Å². The van der Waals surface area contributed by atoms with Crippen molar-refractivity contribution < 1.29 is 13.2 Å². The minimum Gasteiger partial charge on any atom is -0.379 e. The molecule has 0 bridgehead atoms. The summed E-state index contributed by atoms with van der Waals surface area (Å²) >= 11 is 0. The van der Waals surface area contributed by atoms with Gasteiger partial charge in [0.15, 0.2) is 5.96 Å². The molecule has 1 saturated heterocycles. The van der Waals surface area contributed by atoms with Gasteiger partial charge in [-0.2, -0.15) is 4.31 Å². The topological polar surface area (TPSA) is 74.2 Å². The number of ether oxygens (including phenoxy) is 1. The quantitative estimate of drug-likeness (QED) is 0.564. The monoisotopic (exact) mass is 382 g/mol. The van der Waals surface area contributed by atoms with Crippen LogP contribution < -0.4 is 5.32 Å². The Morgan fingerprint density at radius 3 is 2.65 bits per heavy atom. The summed E-state index contributed by atoms with van der Waals surface area (Å²) in [6, 6.07) is 8.23. The Hall–Kier alpha value is -1.64. The molecule has 1 aromatic rings. The van der Waals surface area contributed by atoms with Crippen LogP contribution in [0, 0.1) is 6.92 Å².